The third kappa shape index (κ3) is 7.01. The van der Waals surface area contributed by atoms with Gasteiger partial charge in [0.1, 0.15) is 5.00 Å². The molecule has 1 amide bonds. The van der Waals surface area contributed by atoms with Gasteiger partial charge >= 0.3 is 12.3 Å². The van der Waals surface area contributed by atoms with Gasteiger partial charge in [-0.3, -0.25) is 4.31 Å². The first-order valence-corrected chi connectivity index (χ1v) is 13.7. The minimum Gasteiger partial charge on any atom is -0.477 e. The highest BCUT2D eigenvalue weighted by Crippen LogP contribution is 2.40. The van der Waals surface area contributed by atoms with Crippen LogP contribution in [0, 0.1) is 6.92 Å². The predicted molar refractivity (Wildman–Crippen MR) is 138 cm³/mol. The third-order valence-electron chi connectivity index (χ3n) is 5.45. The molecule has 200 valence electrons. The van der Waals surface area contributed by atoms with Crippen LogP contribution in [0.2, 0.25) is 0 Å². The van der Waals surface area contributed by atoms with Crippen molar-refractivity contribution in [2.75, 3.05) is 24.6 Å². The molecule has 7 nitrogen and oxygen atoms in total. The molecule has 0 saturated heterocycles. The van der Waals surface area contributed by atoms with Crippen LogP contribution in [0.15, 0.2) is 58.4 Å². The molecule has 0 fully saturated rings. The molecule has 0 atom stereocenters. The maximum Gasteiger partial charge on any atom is 0.436 e. The molecule has 0 radical (unpaired) electrons. The number of aliphatic imine (C=N–C) groups is 1. The van der Waals surface area contributed by atoms with Gasteiger partial charge in [0.05, 0.1) is 18.6 Å². The number of hydrogen-bond donors (Lipinski definition) is 0. The van der Waals surface area contributed by atoms with Gasteiger partial charge in [-0.15, -0.1) is 16.3 Å². The summed E-state index contributed by atoms with van der Waals surface area (Å²) in [6, 6.07) is 13.0. The Hall–Kier alpha value is -3.12. The summed E-state index contributed by atoms with van der Waals surface area (Å²) in [5.41, 5.74) is 1.10. The zero-order chi connectivity index (χ0) is 27.2. The van der Waals surface area contributed by atoms with Gasteiger partial charge < -0.3 is 9.47 Å². The molecule has 0 N–H and O–H groups in total. The van der Waals surface area contributed by atoms with E-state index in [-0.39, 0.29) is 36.8 Å². The van der Waals surface area contributed by atoms with Gasteiger partial charge in [-0.1, -0.05) is 18.2 Å². The van der Waals surface area contributed by atoms with E-state index in [0.717, 1.165) is 15.6 Å². The number of carbonyl (C=O) groups excluding carboxylic acids is 1. The van der Waals surface area contributed by atoms with Crippen molar-refractivity contribution in [3.05, 3.63) is 59.7 Å². The Morgan fingerprint density at radius 2 is 1.76 bits per heavy atom. The number of ether oxygens (including phenoxy) is 2. The van der Waals surface area contributed by atoms with Crippen LogP contribution >= 0.6 is 11.3 Å². The second kappa shape index (κ2) is 12.0. The maximum absolute atomic E-state index is 13.8. The number of sulfonamides is 1. The average Bonchev–Trinajstić information content (AvgIpc) is 3.19. The van der Waals surface area contributed by atoms with E-state index in [1.165, 1.54) is 47.0 Å². The van der Waals surface area contributed by atoms with E-state index in [1.54, 1.807) is 13.8 Å². The SMILES string of the molecule is CCO/C(=N/C(=O)OC)c1ccc(S(=O)(=O)N(CCCCC(F)(F)F)c2sc3ccccc3c2C)cc1. The highest BCUT2D eigenvalue weighted by molar-refractivity contribution is 7.93. The number of aryl methyl sites for hydroxylation is 1. The van der Waals surface area contributed by atoms with Crippen molar-refractivity contribution in [1.29, 1.82) is 0 Å². The topological polar surface area (TPSA) is 85.3 Å². The minimum absolute atomic E-state index is 0.0253. The number of thiophene rings is 1. The smallest absolute Gasteiger partial charge is 0.436 e. The minimum atomic E-state index is -4.31. The molecule has 0 saturated carbocycles. The zero-order valence-corrected chi connectivity index (χ0v) is 22.2. The fraction of sp³-hybridized carbons (Fsp3) is 0.360. The summed E-state index contributed by atoms with van der Waals surface area (Å²) in [5, 5.41) is 1.34. The zero-order valence-electron chi connectivity index (χ0n) is 20.5. The normalized spacial score (nSPS) is 12.5. The fourth-order valence-corrected chi connectivity index (χ4v) is 6.66. The van der Waals surface area contributed by atoms with Crippen molar-refractivity contribution in [1.82, 2.24) is 0 Å². The van der Waals surface area contributed by atoms with Crippen LogP contribution in [0.1, 0.15) is 37.3 Å². The molecule has 0 aliphatic rings. The summed E-state index contributed by atoms with van der Waals surface area (Å²) in [6.45, 7) is 3.61. The monoisotopic (exact) mass is 556 g/mol. The van der Waals surface area contributed by atoms with E-state index >= 15 is 0 Å². The molecule has 2 aromatic carbocycles. The standard InChI is InChI=1S/C25H27F3N2O5S2/c1-4-35-22(29-24(31)34-3)18-11-13-19(14-12-18)37(32,33)30(16-8-7-15-25(26,27)28)23-17(2)20-9-5-6-10-21(20)36-23/h5-6,9-14H,4,7-8,15-16H2,1-3H3/b29-22+. The number of unbranched alkanes of at least 4 members (excludes halogenated alkanes) is 1. The Morgan fingerprint density at radius 1 is 1.08 bits per heavy atom. The number of carbonyl (C=O) groups is 1. The van der Waals surface area contributed by atoms with Crippen LogP contribution < -0.4 is 4.31 Å². The van der Waals surface area contributed by atoms with Crippen LogP contribution in [-0.2, 0) is 19.5 Å². The molecule has 3 aromatic rings. The Balaban J connectivity index is 1.98. The molecule has 37 heavy (non-hydrogen) atoms. The first-order valence-electron chi connectivity index (χ1n) is 11.5. The molecule has 12 heteroatoms. The predicted octanol–water partition coefficient (Wildman–Crippen LogP) is 6.69. The van der Waals surface area contributed by atoms with Gasteiger partial charge in [-0.25, -0.2) is 13.2 Å². The molecule has 1 aromatic heterocycles. The first kappa shape index (κ1) is 28.5. The van der Waals surface area contributed by atoms with Crippen molar-refractivity contribution in [3.63, 3.8) is 0 Å². The second-order valence-electron chi connectivity index (χ2n) is 8.02. The molecular weight excluding hydrogens is 529 g/mol. The highest BCUT2D eigenvalue weighted by atomic mass is 32.2. The number of halogens is 3. The van der Waals surface area contributed by atoms with Crippen LogP contribution in [0.4, 0.5) is 23.0 Å². The molecule has 0 unspecified atom stereocenters. The van der Waals surface area contributed by atoms with Gasteiger partial charge in [-0.2, -0.15) is 13.2 Å². The van der Waals surface area contributed by atoms with Gasteiger partial charge in [0, 0.05) is 23.2 Å². The molecule has 0 aliphatic heterocycles. The van der Waals surface area contributed by atoms with Gasteiger partial charge in [0.2, 0.25) is 5.90 Å². The van der Waals surface area contributed by atoms with Gasteiger partial charge in [0.25, 0.3) is 10.0 Å². The van der Waals surface area contributed by atoms with Crippen molar-refractivity contribution in [2.24, 2.45) is 4.99 Å². The number of benzene rings is 2. The van der Waals surface area contributed by atoms with Crippen LogP contribution in [0.3, 0.4) is 0 Å². The average molecular weight is 557 g/mol. The highest BCUT2D eigenvalue weighted by Gasteiger charge is 2.30. The van der Waals surface area contributed by atoms with Crippen LogP contribution in [-0.4, -0.2) is 46.8 Å². The lowest BCUT2D eigenvalue weighted by Gasteiger charge is -2.24. The maximum atomic E-state index is 13.8. The summed E-state index contributed by atoms with van der Waals surface area (Å²) < 4.78 is 77.6. The van der Waals surface area contributed by atoms with Crippen LogP contribution in [0.5, 0.6) is 0 Å². The number of anilines is 1. The Morgan fingerprint density at radius 3 is 2.35 bits per heavy atom. The van der Waals surface area contributed by atoms with E-state index in [4.69, 9.17) is 4.74 Å². The van der Waals surface area contributed by atoms with Crippen molar-refractivity contribution >= 4 is 48.4 Å². The van der Waals surface area contributed by atoms with Gasteiger partial charge in [-0.05, 0) is 68.0 Å². The summed E-state index contributed by atoms with van der Waals surface area (Å²) in [6.07, 6.45) is -6.33. The molecule has 1 heterocycles. The van der Waals surface area contributed by atoms with Crippen molar-refractivity contribution < 1.29 is 35.9 Å². The van der Waals surface area contributed by atoms with Crippen molar-refractivity contribution in [2.45, 2.75) is 44.2 Å². The second-order valence-corrected chi connectivity index (χ2v) is 10.9. The first-order chi connectivity index (χ1) is 17.5. The Bertz CT molecular complexity index is 1370. The lowest BCUT2D eigenvalue weighted by atomic mass is 10.2. The van der Waals surface area contributed by atoms with E-state index in [0.29, 0.717) is 10.6 Å². The van der Waals surface area contributed by atoms with Crippen molar-refractivity contribution in [3.8, 4) is 0 Å². The summed E-state index contributed by atoms with van der Waals surface area (Å²) in [5.74, 6) is -0.0253. The third-order valence-corrected chi connectivity index (χ3v) is 8.68. The van der Waals surface area contributed by atoms with E-state index in [2.05, 4.69) is 9.73 Å². The number of amides is 1. The summed E-state index contributed by atoms with van der Waals surface area (Å²) in [7, 11) is -2.96. The number of methoxy groups -OCH3 is 1. The number of hydrogen-bond acceptors (Lipinski definition) is 6. The molecule has 0 spiro atoms. The number of fused-ring (bicyclic) bond motifs is 1. The molecule has 0 bridgehead atoms. The van der Waals surface area contributed by atoms with E-state index in [9.17, 15) is 26.4 Å². The summed E-state index contributed by atoms with van der Waals surface area (Å²) in [4.78, 5) is 15.2. The quantitative estimate of drug-likeness (QED) is 0.167. The van der Waals surface area contributed by atoms with Crippen LogP contribution in [0.25, 0.3) is 10.1 Å². The lowest BCUT2D eigenvalue weighted by molar-refractivity contribution is -0.135. The number of rotatable bonds is 9. The lowest BCUT2D eigenvalue weighted by Crippen LogP contribution is -2.32. The summed E-state index contributed by atoms with van der Waals surface area (Å²) >= 11 is 1.28. The van der Waals surface area contributed by atoms with Gasteiger partial charge in [0.15, 0.2) is 0 Å². The molecular formula is C25H27F3N2O5S2. The Labute approximate surface area is 217 Å². The Kier molecular flexibility index (Phi) is 9.19. The number of nitrogens with zero attached hydrogens (tertiary/aromatic N) is 2. The van der Waals surface area contributed by atoms with E-state index < -0.39 is 28.7 Å². The van der Waals surface area contributed by atoms with E-state index in [1.807, 2.05) is 24.3 Å². The number of alkyl halides is 3. The molecule has 3 rings (SSSR count). The largest absolute Gasteiger partial charge is 0.477 e. The molecule has 0 aliphatic carbocycles. The fourth-order valence-electron chi connectivity index (χ4n) is 3.65.